The standard InChI is InChI=1S/C13H22N2OS/c1-2-15(7-8-16)10-12-9-14-13(17-12)11-5-3-4-6-11/h9,11,16H,2-8,10H2,1H3. The van der Waals surface area contributed by atoms with E-state index in [2.05, 4.69) is 16.8 Å². The topological polar surface area (TPSA) is 36.4 Å². The molecule has 1 saturated carbocycles. The van der Waals surface area contributed by atoms with E-state index < -0.39 is 0 Å². The van der Waals surface area contributed by atoms with Crippen molar-refractivity contribution < 1.29 is 5.11 Å². The van der Waals surface area contributed by atoms with E-state index in [1.807, 2.05) is 17.5 Å². The van der Waals surface area contributed by atoms with Crippen LogP contribution in [0.15, 0.2) is 6.20 Å². The van der Waals surface area contributed by atoms with Crippen LogP contribution >= 0.6 is 11.3 Å². The molecule has 2 rings (SSSR count). The van der Waals surface area contributed by atoms with Gasteiger partial charge in [0.15, 0.2) is 0 Å². The molecule has 1 aromatic rings. The summed E-state index contributed by atoms with van der Waals surface area (Å²) in [7, 11) is 0. The van der Waals surface area contributed by atoms with Crippen LogP contribution in [0.25, 0.3) is 0 Å². The largest absolute Gasteiger partial charge is 0.395 e. The summed E-state index contributed by atoms with van der Waals surface area (Å²) in [6, 6.07) is 0. The predicted molar refractivity (Wildman–Crippen MR) is 71.4 cm³/mol. The Bertz CT molecular complexity index is 334. The average molecular weight is 254 g/mol. The molecule has 1 fully saturated rings. The van der Waals surface area contributed by atoms with Crippen LogP contribution in [0.4, 0.5) is 0 Å². The summed E-state index contributed by atoms with van der Waals surface area (Å²) in [5.41, 5.74) is 0. The highest BCUT2D eigenvalue weighted by Crippen LogP contribution is 2.36. The van der Waals surface area contributed by atoms with Crippen LogP contribution in [-0.4, -0.2) is 34.7 Å². The van der Waals surface area contributed by atoms with Crippen molar-refractivity contribution in [2.45, 2.75) is 45.1 Å². The minimum Gasteiger partial charge on any atom is -0.395 e. The van der Waals surface area contributed by atoms with E-state index in [1.165, 1.54) is 35.6 Å². The van der Waals surface area contributed by atoms with Gasteiger partial charge in [-0.05, 0) is 19.4 Å². The molecule has 0 saturated heterocycles. The molecule has 0 amide bonds. The van der Waals surface area contributed by atoms with Crippen molar-refractivity contribution in [2.75, 3.05) is 19.7 Å². The average Bonchev–Trinajstić information content (AvgIpc) is 2.98. The highest BCUT2D eigenvalue weighted by atomic mass is 32.1. The zero-order chi connectivity index (χ0) is 12.1. The minimum absolute atomic E-state index is 0.238. The van der Waals surface area contributed by atoms with Crippen molar-refractivity contribution in [1.29, 1.82) is 0 Å². The third kappa shape index (κ3) is 3.50. The maximum Gasteiger partial charge on any atom is 0.0959 e. The first-order valence-electron chi connectivity index (χ1n) is 6.61. The molecule has 1 heterocycles. The summed E-state index contributed by atoms with van der Waals surface area (Å²) in [6.07, 6.45) is 7.40. The van der Waals surface area contributed by atoms with Crippen molar-refractivity contribution in [1.82, 2.24) is 9.88 Å². The zero-order valence-electron chi connectivity index (χ0n) is 10.6. The number of nitrogens with zero attached hydrogens (tertiary/aromatic N) is 2. The molecule has 96 valence electrons. The molecule has 0 radical (unpaired) electrons. The Balaban J connectivity index is 1.92. The number of hydrogen-bond acceptors (Lipinski definition) is 4. The van der Waals surface area contributed by atoms with Gasteiger partial charge in [0.1, 0.15) is 0 Å². The van der Waals surface area contributed by atoms with Crippen LogP contribution in [0, 0.1) is 0 Å². The lowest BCUT2D eigenvalue weighted by molar-refractivity contribution is 0.198. The van der Waals surface area contributed by atoms with Crippen molar-refractivity contribution in [2.24, 2.45) is 0 Å². The van der Waals surface area contributed by atoms with Gasteiger partial charge in [-0.25, -0.2) is 4.98 Å². The molecule has 1 aliphatic carbocycles. The fourth-order valence-electron chi connectivity index (χ4n) is 2.47. The first-order valence-corrected chi connectivity index (χ1v) is 7.43. The molecule has 0 aliphatic heterocycles. The lowest BCUT2D eigenvalue weighted by atomic mass is 10.1. The second kappa shape index (κ2) is 6.47. The number of hydrogen-bond donors (Lipinski definition) is 1. The Kier molecular flexibility index (Phi) is 4.95. The number of aliphatic hydroxyl groups is 1. The predicted octanol–water partition coefficient (Wildman–Crippen LogP) is 2.61. The Morgan fingerprint density at radius 1 is 1.47 bits per heavy atom. The van der Waals surface area contributed by atoms with Crippen LogP contribution in [0.3, 0.4) is 0 Å². The van der Waals surface area contributed by atoms with Crippen molar-refractivity contribution >= 4 is 11.3 Å². The molecule has 0 unspecified atom stereocenters. The fraction of sp³-hybridized carbons (Fsp3) is 0.769. The monoisotopic (exact) mass is 254 g/mol. The molecule has 17 heavy (non-hydrogen) atoms. The van der Waals surface area contributed by atoms with Gasteiger partial charge in [0.05, 0.1) is 11.6 Å². The van der Waals surface area contributed by atoms with Gasteiger partial charge >= 0.3 is 0 Å². The third-order valence-corrected chi connectivity index (χ3v) is 4.66. The lowest BCUT2D eigenvalue weighted by Crippen LogP contribution is -2.25. The summed E-state index contributed by atoms with van der Waals surface area (Å²) >= 11 is 1.87. The van der Waals surface area contributed by atoms with Crippen molar-refractivity contribution in [3.8, 4) is 0 Å². The second-order valence-corrected chi connectivity index (χ2v) is 5.89. The molecule has 1 N–H and O–H groups in total. The van der Waals surface area contributed by atoms with Crippen LogP contribution in [0.5, 0.6) is 0 Å². The van der Waals surface area contributed by atoms with Crippen LogP contribution in [-0.2, 0) is 6.54 Å². The maximum absolute atomic E-state index is 8.97. The molecule has 0 atom stereocenters. The third-order valence-electron chi connectivity index (χ3n) is 3.52. The fourth-order valence-corrected chi connectivity index (χ4v) is 3.60. The first kappa shape index (κ1) is 13.0. The molecule has 4 heteroatoms. The Labute approximate surface area is 107 Å². The Hall–Kier alpha value is -0.450. The highest BCUT2D eigenvalue weighted by Gasteiger charge is 2.20. The minimum atomic E-state index is 0.238. The maximum atomic E-state index is 8.97. The van der Waals surface area contributed by atoms with Gasteiger partial charge in [-0.2, -0.15) is 0 Å². The van der Waals surface area contributed by atoms with Crippen molar-refractivity contribution in [3.63, 3.8) is 0 Å². The summed E-state index contributed by atoms with van der Waals surface area (Å²) in [5.74, 6) is 0.724. The number of likely N-dealkylation sites (N-methyl/N-ethyl adjacent to an activating group) is 1. The lowest BCUT2D eigenvalue weighted by Gasteiger charge is -2.17. The summed E-state index contributed by atoms with van der Waals surface area (Å²) in [6.45, 7) is 5.04. The number of aliphatic hydroxyl groups excluding tert-OH is 1. The second-order valence-electron chi connectivity index (χ2n) is 4.74. The molecule has 1 aromatic heterocycles. The normalized spacial score (nSPS) is 17.1. The van der Waals surface area contributed by atoms with Crippen LogP contribution in [0.2, 0.25) is 0 Å². The summed E-state index contributed by atoms with van der Waals surface area (Å²) in [4.78, 5) is 8.17. The van der Waals surface area contributed by atoms with Gasteiger partial charge in [0.2, 0.25) is 0 Å². The van der Waals surface area contributed by atoms with E-state index in [-0.39, 0.29) is 6.61 Å². The smallest absolute Gasteiger partial charge is 0.0959 e. The summed E-state index contributed by atoms with van der Waals surface area (Å²) in [5, 5.41) is 10.3. The number of aromatic nitrogens is 1. The Morgan fingerprint density at radius 3 is 2.88 bits per heavy atom. The molecule has 0 bridgehead atoms. The van der Waals surface area contributed by atoms with Gasteiger partial charge in [0, 0.05) is 30.1 Å². The van der Waals surface area contributed by atoms with Gasteiger partial charge in [0.25, 0.3) is 0 Å². The van der Waals surface area contributed by atoms with Crippen LogP contribution < -0.4 is 0 Å². The van der Waals surface area contributed by atoms with Crippen molar-refractivity contribution in [3.05, 3.63) is 16.1 Å². The van der Waals surface area contributed by atoms with Gasteiger partial charge in [-0.3, -0.25) is 4.90 Å². The van der Waals surface area contributed by atoms with E-state index in [0.29, 0.717) is 0 Å². The number of thiazole rings is 1. The molecular weight excluding hydrogens is 232 g/mol. The van der Waals surface area contributed by atoms with Gasteiger partial charge in [-0.15, -0.1) is 11.3 Å². The first-order chi connectivity index (χ1) is 8.33. The van der Waals surface area contributed by atoms with Gasteiger partial charge in [-0.1, -0.05) is 19.8 Å². The molecule has 3 nitrogen and oxygen atoms in total. The van der Waals surface area contributed by atoms with Gasteiger partial charge < -0.3 is 5.11 Å². The van der Waals surface area contributed by atoms with E-state index in [0.717, 1.165) is 25.6 Å². The summed E-state index contributed by atoms with van der Waals surface area (Å²) < 4.78 is 0. The molecule has 0 aromatic carbocycles. The van der Waals surface area contributed by atoms with E-state index in [1.54, 1.807) is 0 Å². The van der Waals surface area contributed by atoms with E-state index >= 15 is 0 Å². The molecule has 0 spiro atoms. The molecular formula is C13H22N2OS. The zero-order valence-corrected chi connectivity index (χ0v) is 11.4. The number of rotatable bonds is 6. The highest BCUT2D eigenvalue weighted by molar-refractivity contribution is 7.11. The Morgan fingerprint density at radius 2 is 2.24 bits per heavy atom. The van der Waals surface area contributed by atoms with Crippen LogP contribution in [0.1, 0.15) is 48.4 Å². The SMILES string of the molecule is CCN(CCO)Cc1cnc(C2CCCC2)s1. The molecule has 1 aliphatic rings. The van der Waals surface area contributed by atoms with E-state index in [9.17, 15) is 0 Å². The van der Waals surface area contributed by atoms with E-state index in [4.69, 9.17) is 5.11 Å². The quantitative estimate of drug-likeness (QED) is 0.848.